The van der Waals surface area contributed by atoms with E-state index in [0.29, 0.717) is 12.0 Å². The van der Waals surface area contributed by atoms with Gasteiger partial charge < -0.3 is 5.32 Å². The van der Waals surface area contributed by atoms with Gasteiger partial charge in [-0.25, -0.2) is 0 Å². The van der Waals surface area contributed by atoms with Gasteiger partial charge in [0.1, 0.15) is 6.29 Å². The van der Waals surface area contributed by atoms with Gasteiger partial charge in [0, 0.05) is 30.0 Å². The highest BCUT2D eigenvalue weighted by molar-refractivity contribution is 5.91. The smallest absolute Gasteiger partial charge is 0.157 e. The molecule has 0 amide bonds. The largest absolute Gasteiger partial charge is 0.364 e. The SMILES string of the molecule is C/C(C=O)=C\NC1=CC(=O)CC(C)(C)C1. The van der Waals surface area contributed by atoms with Crippen LogP contribution in [0.5, 0.6) is 0 Å². The second-order valence-corrected chi connectivity index (χ2v) is 4.80. The normalized spacial score (nSPS) is 20.9. The van der Waals surface area contributed by atoms with Crippen LogP contribution in [-0.4, -0.2) is 12.1 Å². The Morgan fingerprint density at radius 3 is 2.67 bits per heavy atom. The van der Waals surface area contributed by atoms with Crippen molar-refractivity contribution in [1.29, 1.82) is 0 Å². The summed E-state index contributed by atoms with van der Waals surface area (Å²) in [7, 11) is 0. The zero-order valence-electron chi connectivity index (χ0n) is 9.46. The molecule has 1 aliphatic carbocycles. The topological polar surface area (TPSA) is 46.2 Å². The average Bonchev–Trinajstić information content (AvgIpc) is 2.11. The highest BCUT2D eigenvalue weighted by Gasteiger charge is 2.26. The summed E-state index contributed by atoms with van der Waals surface area (Å²) in [5.74, 6) is 0.144. The monoisotopic (exact) mass is 207 g/mol. The van der Waals surface area contributed by atoms with Crippen LogP contribution in [0, 0.1) is 5.41 Å². The molecule has 3 nitrogen and oxygen atoms in total. The number of ketones is 1. The summed E-state index contributed by atoms with van der Waals surface area (Å²) in [6, 6.07) is 0. The number of aldehydes is 1. The van der Waals surface area contributed by atoms with E-state index < -0.39 is 0 Å². The molecule has 1 aliphatic rings. The zero-order valence-corrected chi connectivity index (χ0v) is 9.46. The maximum absolute atomic E-state index is 11.4. The van der Waals surface area contributed by atoms with Crippen LogP contribution in [-0.2, 0) is 9.59 Å². The fraction of sp³-hybridized carbons (Fsp3) is 0.500. The number of nitrogens with one attached hydrogen (secondary N) is 1. The van der Waals surface area contributed by atoms with Crippen molar-refractivity contribution >= 4 is 12.1 Å². The number of hydrogen-bond acceptors (Lipinski definition) is 3. The van der Waals surface area contributed by atoms with Gasteiger partial charge in [0.25, 0.3) is 0 Å². The molecule has 0 heterocycles. The summed E-state index contributed by atoms with van der Waals surface area (Å²) in [5.41, 5.74) is 1.51. The zero-order chi connectivity index (χ0) is 11.5. The van der Waals surface area contributed by atoms with Crippen molar-refractivity contribution in [3.63, 3.8) is 0 Å². The van der Waals surface area contributed by atoms with Crippen LogP contribution in [0.4, 0.5) is 0 Å². The summed E-state index contributed by atoms with van der Waals surface area (Å²) >= 11 is 0. The lowest BCUT2D eigenvalue weighted by atomic mass is 9.79. The molecule has 0 saturated carbocycles. The molecular weight excluding hydrogens is 190 g/mol. The predicted molar refractivity (Wildman–Crippen MR) is 59.1 cm³/mol. The summed E-state index contributed by atoms with van der Waals surface area (Å²) in [6.07, 6.45) is 5.46. The minimum atomic E-state index is 0.0110. The Balaban J connectivity index is 2.71. The van der Waals surface area contributed by atoms with Crippen LogP contribution in [0.3, 0.4) is 0 Å². The molecule has 82 valence electrons. The molecule has 0 saturated heterocycles. The Kier molecular flexibility index (Phi) is 3.45. The van der Waals surface area contributed by atoms with Crippen molar-refractivity contribution in [2.24, 2.45) is 5.41 Å². The standard InChI is InChI=1S/C12H17NO2/c1-9(8-14)7-13-10-4-11(15)6-12(2,3)5-10/h4,7-8,13H,5-6H2,1-3H3/b9-7+. The van der Waals surface area contributed by atoms with Crippen molar-refractivity contribution in [3.05, 3.63) is 23.5 Å². The Morgan fingerprint density at radius 1 is 1.47 bits per heavy atom. The first-order valence-electron chi connectivity index (χ1n) is 5.05. The molecule has 0 radical (unpaired) electrons. The van der Waals surface area contributed by atoms with E-state index in [-0.39, 0.29) is 11.2 Å². The number of hydrogen-bond donors (Lipinski definition) is 1. The maximum atomic E-state index is 11.4. The molecule has 15 heavy (non-hydrogen) atoms. The molecule has 0 aromatic carbocycles. The van der Waals surface area contributed by atoms with Crippen LogP contribution in [0.15, 0.2) is 23.5 Å². The third kappa shape index (κ3) is 3.70. The lowest BCUT2D eigenvalue weighted by Crippen LogP contribution is -2.26. The lowest BCUT2D eigenvalue weighted by molar-refractivity contribution is -0.117. The van der Waals surface area contributed by atoms with Gasteiger partial charge in [-0.3, -0.25) is 9.59 Å². The molecule has 0 aromatic rings. The van der Waals surface area contributed by atoms with E-state index in [1.807, 2.05) is 0 Å². The molecule has 0 aromatic heterocycles. The van der Waals surface area contributed by atoms with Gasteiger partial charge in [-0.15, -0.1) is 0 Å². The van der Waals surface area contributed by atoms with E-state index in [9.17, 15) is 9.59 Å². The van der Waals surface area contributed by atoms with Crippen LogP contribution in [0.2, 0.25) is 0 Å². The maximum Gasteiger partial charge on any atom is 0.157 e. The molecular formula is C12H17NO2. The number of rotatable bonds is 3. The van der Waals surface area contributed by atoms with Gasteiger partial charge in [0.2, 0.25) is 0 Å². The van der Waals surface area contributed by atoms with Crippen molar-refractivity contribution in [2.45, 2.75) is 33.6 Å². The first-order chi connectivity index (χ1) is 6.93. The molecule has 0 spiro atoms. The number of carbonyl (C=O) groups excluding carboxylic acids is 2. The molecule has 0 bridgehead atoms. The van der Waals surface area contributed by atoms with Gasteiger partial charge in [0.15, 0.2) is 5.78 Å². The first kappa shape index (κ1) is 11.7. The fourth-order valence-electron chi connectivity index (χ4n) is 1.68. The highest BCUT2D eigenvalue weighted by Crippen LogP contribution is 2.32. The van der Waals surface area contributed by atoms with Crippen molar-refractivity contribution in [3.8, 4) is 0 Å². The molecule has 0 aliphatic heterocycles. The molecule has 0 unspecified atom stereocenters. The Labute approximate surface area is 90.2 Å². The third-order valence-corrected chi connectivity index (χ3v) is 2.33. The van der Waals surface area contributed by atoms with Crippen LogP contribution >= 0.6 is 0 Å². The highest BCUT2D eigenvalue weighted by atomic mass is 16.1. The van der Waals surface area contributed by atoms with E-state index in [2.05, 4.69) is 19.2 Å². The van der Waals surface area contributed by atoms with Gasteiger partial charge in [-0.05, 0) is 18.8 Å². The Bertz CT molecular complexity index is 338. The lowest BCUT2D eigenvalue weighted by Gasteiger charge is -2.28. The van der Waals surface area contributed by atoms with Crippen molar-refractivity contribution in [2.75, 3.05) is 0 Å². The van der Waals surface area contributed by atoms with Gasteiger partial charge in [0.05, 0.1) is 0 Å². The molecule has 1 rings (SSSR count). The van der Waals surface area contributed by atoms with Gasteiger partial charge in [-0.2, -0.15) is 0 Å². The minimum Gasteiger partial charge on any atom is -0.364 e. The Hall–Kier alpha value is -1.38. The van der Waals surface area contributed by atoms with Crippen LogP contribution in [0.25, 0.3) is 0 Å². The number of carbonyl (C=O) groups is 2. The quantitative estimate of drug-likeness (QED) is 0.568. The van der Waals surface area contributed by atoms with E-state index in [1.165, 1.54) is 0 Å². The van der Waals surface area contributed by atoms with E-state index in [4.69, 9.17) is 0 Å². The molecule has 0 fully saturated rings. The third-order valence-electron chi connectivity index (χ3n) is 2.33. The fourth-order valence-corrected chi connectivity index (χ4v) is 1.68. The van der Waals surface area contributed by atoms with Gasteiger partial charge in [-0.1, -0.05) is 13.8 Å². The molecule has 0 atom stereocenters. The summed E-state index contributed by atoms with van der Waals surface area (Å²) < 4.78 is 0. The second-order valence-electron chi connectivity index (χ2n) is 4.80. The van der Waals surface area contributed by atoms with Crippen molar-refractivity contribution < 1.29 is 9.59 Å². The van der Waals surface area contributed by atoms with E-state index in [1.54, 1.807) is 19.2 Å². The second kappa shape index (κ2) is 4.43. The first-order valence-corrected chi connectivity index (χ1v) is 5.05. The van der Waals surface area contributed by atoms with Crippen LogP contribution in [0.1, 0.15) is 33.6 Å². The average molecular weight is 207 g/mol. The summed E-state index contributed by atoms with van der Waals surface area (Å²) in [6.45, 7) is 5.85. The van der Waals surface area contributed by atoms with Crippen molar-refractivity contribution in [1.82, 2.24) is 5.32 Å². The van der Waals surface area contributed by atoms with Gasteiger partial charge >= 0.3 is 0 Å². The molecule has 1 N–H and O–H groups in total. The number of allylic oxidation sites excluding steroid dienone is 3. The van der Waals surface area contributed by atoms with Crippen LogP contribution < -0.4 is 5.32 Å². The summed E-state index contributed by atoms with van der Waals surface area (Å²) in [5, 5.41) is 3.01. The Morgan fingerprint density at radius 2 is 2.13 bits per heavy atom. The van der Waals surface area contributed by atoms with E-state index in [0.717, 1.165) is 18.4 Å². The van der Waals surface area contributed by atoms with E-state index >= 15 is 0 Å². The molecule has 3 heteroatoms. The summed E-state index contributed by atoms with van der Waals surface area (Å²) in [4.78, 5) is 21.8. The predicted octanol–water partition coefficient (Wildman–Crippen LogP) is 1.95. The minimum absolute atomic E-state index is 0.0110.